The summed E-state index contributed by atoms with van der Waals surface area (Å²) < 4.78 is 6.24. The minimum atomic E-state index is -1.84. The van der Waals surface area contributed by atoms with E-state index in [0.29, 0.717) is 0 Å². The second-order valence-electron chi connectivity index (χ2n) is 11.3. The highest BCUT2D eigenvalue weighted by atomic mass is 28.3. The van der Waals surface area contributed by atoms with Gasteiger partial charge in [-0.25, -0.2) is 0 Å². The summed E-state index contributed by atoms with van der Waals surface area (Å²) in [4.78, 5) is 0. The lowest BCUT2D eigenvalue weighted by Gasteiger charge is -2.36. The fourth-order valence-corrected chi connectivity index (χ4v) is 13.8. The molecule has 1 aliphatic carbocycles. The maximum atomic E-state index is 6.24. The highest BCUT2D eigenvalue weighted by molar-refractivity contribution is 6.98. The SMILES string of the molecule is COc1c([Si](C)(C)C2=C([Si](C)(C)C)C=CC2)cc(C)c([SiH](C)C)c1C(C)(C)C. The van der Waals surface area contributed by atoms with Crippen LogP contribution in [0.2, 0.25) is 45.8 Å². The Labute approximate surface area is 177 Å². The van der Waals surface area contributed by atoms with Crippen LogP contribution in [0.15, 0.2) is 28.6 Å². The summed E-state index contributed by atoms with van der Waals surface area (Å²) in [6.07, 6.45) is 5.97. The van der Waals surface area contributed by atoms with Gasteiger partial charge in [0.15, 0.2) is 0 Å². The van der Waals surface area contributed by atoms with E-state index in [-0.39, 0.29) is 5.41 Å². The minimum Gasteiger partial charge on any atom is -0.497 e. The quantitative estimate of drug-likeness (QED) is 0.554. The first-order valence-corrected chi connectivity index (χ1v) is 20.2. The van der Waals surface area contributed by atoms with Crippen molar-refractivity contribution in [1.82, 2.24) is 0 Å². The summed E-state index contributed by atoms with van der Waals surface area (Å²) >= 11 is 0. The number of hydrogen-bond donors (Lipinski definition) is 0. The average molecular weight is 431 g/mol. The zero-order valence-corrected chi connectivity index (χ0v) is 23.6. The smallest absolute Gasteiger partial charge is 0.122 e. The molecule has 28 heavy (non-hydrogen) atoms. The number of allylic oxidation sites excluding steroid dienone is 4. The Kier molecular flexibility index (Phi) is 6.50. The van der Waals surface area contributed by atoms with Gasteiger partial charge < -0.3 is 4.74 Å². The Morgan fingerprint density at radius 2 is 1.61 bits per heavy atom. The van der Waals surface area contributed by atoms with Crippen LogP contribution >= 0.6 is 0 Å². The molecule has 0 atom stereocenters. The van der Waals surface area contributed by atoms with Gasteiger partial charge >= 0.3 is 0 Å². The Hall–Kier alpha value is -0.849. The third kappa shape index (κ3) is 4.19. The lowest BCUT2D eigenvalue weighted by atomic mass is 9.85. The minimum absolute atomic E-state index is 0.0904. The summed E-state index contributed by atoms with van der Waals surface area (Å²) in [7, 11) is -2.28. The van der Waals surface area contributed by atoms with Crippen molar-refractivity contribution in [1.29, 1.82) is 0 Å². The van der Waals surface area contributed by atoms with Gasteiger partial charge in [-0.3, -0.25) is 0 Å². The molecule has 0 aromatic heterocycles. The molecule has 2 rings (SSSR count). The molecule has 0 saturated heterocycles. The van der Waals surface area contributed by atoms with Gasteiger partial charge in [-0.15, -0.1) is 0 Å². The molecule has 0 unspecified atom stereocenters. The fourth-order valence-electron chi connectivity index (χ4n) is 4.94. The largest absolute Gasteiger partial charge is 0.497 e. The topological polar surface area (TPSA) is 9.23 Å². The number of methoxy groups -OCH3 is 1. The van der Waals surface area contributed by atoms with Gasteiger partial charge in [0.2, 0.25) is 0 Å². The Balaban J connectivity index is 2.88. The summed E-state index contributed by atoms with van der Waals surface area (Å²) in [6, 6.07) is 2.51. The predicted octanol–water partition coefficient (Wildman–Crippen LogP) is 5.58. The van der Waals surface area contributed by atoms with E-state index in [1.165, 1.54) is 22.1 Å². The molecule has 1 aromatic rings. The van der Waals surface area contributed by atoms with Crippen molar-refractivity contribution >= 4 is 35.3 Å². The van der Waals surface area contributed by atoms with Crippen LogP contribution < -0.4 is 15.1 Å². The van der Waals surface area contributed by atoms with Crippen LogP contribution in [0.4, 0.5) is 0 Å². The summed E-state index contributed by atoms with van der Waals surface area (Å²) in [5.74, 6) is 1.19. The average Bonchev–Trinajstić information content (AvgIpc) is 3.03. The van der Waals surface area contributed by atoms with Gasteiger partial charge in [0.1, 0.15) is 13.8 Å². The molecule has 1 nitrogen and oxygen atoms in total. The maximum Gasteiger partial charge on any atom is 0.122 e. The molecular formula is C24H42OSi3. The second-order valence-corrected chi connectivity index (χ2v) is 23.7. The highest BCUT2D eigenvalue weighted by Crippen LogP contribution is 2.37. The lowest BCUT2D eigenvalue weighted by molar-refractivity contribution is 0.401. The molecular weight excluding hydrogens is 389 g/mol. The first kappa shape index (κ1) is 23.4. The molecule has 1 aromatic carbocycles. The first-order chi connectivity index (χ1) is 12.6. The van der Waals surface area contributed by atoms with E-state index in [1.54, 1.807) is 15.6 Å². The summed E-state index contributed by atoms with van der Waals surface area (Å²) in [6.45, 7) is 26.9. The lowest BCUT2D eigenvalue weighted by Crippen LogP contribution is -2.49. The van der Waals surface area contributed by atoms with Crippen LogP contribution in [0.25, 0.3) is 0 Å². The molecule has 0 saturated carbocycles. The molecule has 0 N–H and O–H groups in total. The zero-order chi connectivity index (χ0) is 21.7. The van der Waals surface area contributed by atoms with Crippen molar-refractivity contribution < 1.29 is 4.74 Å². The molecule has 0 fully saturated rings. The Morgan fingerprint density at radius 1 is 1.04 bits per heavy atom. The van der Waals surface area contributed by atoms with Gasteiger partial charge in [0.05, 0.1) is 24.0 Å². The predicted molar refractivity (Wildman–Crippen MR) is 136 cm³/mol. The van der Waals surface area contributed by atoms with Crippen molar-refractivity contribution in [2.75, 3.05) is 7.11 Å². The van der Waals surface area contributed by atoms with E-state index in [1.807, 2.05) is 7.11 Å². The number of ether oxygens (including phenoxy) is 1. The van der Waals surface area contributed by atoms with E-state index >= 15 is 0 Å². The third-order valence-electron chi connectivity index (χ3n) is 6.23. The molecule has 0 spiro atoms. The Morgan fingerprint density at radius 3 is 2.04 bits per heavy atom. The monoisotopic (exact) mass is 430 g/mol. The van der Waals surface area contributed by atoms with Crippen LogP contribution in [0, 0.1) is 6.92 Å². The molecule has 0 radical (unpaired) electrons. The van der Waals surface area contributed by atoms with Gasteiger partial charge in [0.25, 0.3) is 0 Å². The van der Waals surface area contributed by atoms with Gasteiger partial charge in [0, 0.05) is 0 Å². The molecule has 4 heteroatoms. The summed E-state index contributed by atoms with van der Waals surface area (Å²) in [5.41, 5.74) is 3.06. The number of benzene rings is 1. The molecule has 0 bridgehead atoms. The zero-order valence-electron chi connectivity index (χ0n) is 20.4. The molecule has 0 aliphatic heterocycles. The van der Waals surface area contributed by atoms with Crippen LogP contribution in [0.1, 0.15) is 38.3 Å². The van der Waals surface area contributed by atoms with Crippen LogP contribution in [0.3, 0.4) is 0 Å². The van der Waals surface area contributed by atoms with E-state index in [9.17, 15) is 0 Å². The second kappa shape index (κ2) is 7.77. The van der Waals surface area contributed by atoms with E-state index < -0.39 is 24.9 Å². The van der Waals surface area contributed by atoms with Crippen molar-refractivity contribution in [3.8, 4) is 5.75 Å². The van der Waals surface area contributed by atoms with Crippen molar-refractivity contribution in [2.24, 2.45) is 0 Å². The van der Waals surface area contributed by atoms with E-state index in [0.717, 1.165) is 6.42 Å². The fraction of sp³-hybridized carbons (Fsp3) is 0.583. The normalized spacial score (nSPS) is 15.8. The van der Waals surface area contributed by atoms with Crippen LogP contribution in [0.5, 0.6) is 5.75 Å². The molecule has 156 valence electrons. The van der Waals surface area contributed by atoms with Crippen molar-refractivity contribution in [3.63, 3.8) is 0 Å². The number of aryl methyl sites for hydroxylation is 1. The van der Waals surface area contributed by atoms with Gasteiger partial charge in [-0.05, 0) is 29.5 Å². The maximum absolute atomic E-state index is 6.24. The molecule has 1 aliphatic rings. The first-order valence-electron chi connectivity index (χ1n) is 10.8. The summed E-state index contributed by atoms with van der Waals surface area (Å²) in [5, 5.41) is 6.54. The highest BCUT2D eigenvalue weighted by Gasteiger charge is 2.39. The molecule has 0 amide bonds. The van der Waals surface area contributed by atoms with E-state index in [2.05, 4.69) is 91.7 Å². The Bertz CT molecular complexity index is 816. The van der Waals surface area contributed by atoms with Crippen molar-refractivity contribution in [3.05, 3.63) is 39.7 Å². The number of hydrogen-bond acceptors (Lipinski definition) is 1. The van der Waals surface area contributed by atoms with Crippen molar-refractivity contribution in [2.45, 2.75) is 85.4 Å². The van der Waals surface area contributed by atoms with Gasteiger partial charge in [-0.1, -0.05) is 106 Å². The number of rotatable bonds is 5. The van der Waals surface area contributed by atoms with Crippen LogP contribution in [-0.4, -0.2) is 32.1 Å². The molecule has 0 heterocycles. The van der Waals surface area contributed by atoms with Crippen LogP contribution in [-0.2, 0) is 5.41 Å². The van der Waals surface area contributed by atoms with E-state index in [4.69, 9.17) is 4.74 Å². The third-order valence-corrected chi connectivity index (χ3v) is 14.2. The standard InChI is InChI=1S/C24H42OSi3/c1-17-16-20(22(25-5)21(24(2,3)4)23(17)26(6)7)28(11,12)19-15-13-14-18(19)27(8,9)10/h13-14,16,26H,15H2,1-12H3. The van der Waals surface area contributed by atoms with Gasteiger partial charge in [-0.2, -0.15) is 0 Å².